The van der Waals surface area contributed by atoms with Crippen LogP contribution in [0.5, 0.6) is 0 Å². The summed E-state index contributed by atoms with van der Waals surface area (Å²) >= 11 is 0. The zero-order valence-corrected chi connectivity index (χ0v) is 5.45. The summed E-state index contributed by atoms with van der Waals surface area (Å²) in [7, 11) is 0. The van der Waals surface area contributed by atoms with Crippen molar-refractivity contribution in [1.82, 2.24) is 0 Å². The summed E-state index contributed by atoms with van der Waals surface area (Å²) in [5.41, 5.74) is 0. The lowest BCUT2D eigenvalue weighted by atomic mass is 10.2. The number of rotatable bonds is 3. The van der Waals surface area contributed by atoms with Crippen LogP contribution in [0.1, 0.15) is 13.3 Å². The number of hydrogen-bond donors (Lipinski definition) is 2. The molecule has 1 aliphatic rings. The number of hydrogen-bond acceptors (Lipinski definition) is 3. The maximum Gasteiger partial charge on any atom is 0.0864 e. The van der Waals surface area contributed by atoms with Crippen molar-refractivity contribution in [2.24, 2.45) is 0 Å². The second-order valence-electron chi connectivity index (χ2n) is 2.45. The van der Waals surface area contributed by atoms with E-state index in [-0.39, 0.29) is 18.8 Å². The van der Waals surface area contributed by atoms with E-state index in [1.165, 1.54) is 0 Å². The Balaban J connectivity index is 2.05. The van der Waals surface area contributed by atoms with Crippen LogP contribution in [-0.2, 0) is 4.74 Å². The molecule has 0 radical (unpaired) electrons. The third-order valence-corrected chi connectivity index (χ3v) is 1.55. The third-order valence-electron chi connectivity index (χ3n) is 1.55. The van der Waals surface area contributed by atoms with Gasteiger partial charge in [-0.1, -0.05) is 0 Å². The van der Waals surface area contributed by atoms with Gasteiger partial charge in [0.1, 0.15) is 0 Å². The van der Waals surface area contributed by atoms with Gasteiger partial charge in [-0.3, -0.25) is 0 Å². The maximum atomic E-state index is 8.86. The minimum absolute atomic E-state index is 0.160. The van der Waals surface area contributed by atoms with Crippen LogP contribution in [-0.4, -0.2) is 35.1 Å². The van der Waals surface area contributed by atoms with Crippen molar-refractivity contribution in [3.8, 4) is 0 Å². The van der Waals surface area contributed by atoms with Crippen LogP contribution in [0.15, 0.2) is 0 Å². The molecule has 1 fully saturated rings. The van der Waals surface area contributed by atoms with Gasteiger partial charge in [0, 0.05) is 6.42 Å². The van der Waals surface area contributed by atoms with E-state index in [1.54, 1.807) is 0 Å². The second kappa shape index (κ2) is 2.64. The van der Waals surface area contributed by atoms with E-state index in [1.807, 2.05) is 6.92 Å². The van der Waals surface area contributed by atoms with Gasteiger partial charge in [-0.15, -0.1) is 0 Å². The predicted octanol–water partition coefficient (Wildman–Crippen LogP) is -0.483. The Kier molecular flexibility index (Phi) is 2.05. The molecule has 0 aromatic rings. The SMILES string of the molecule is CC1OC1CC(O)CO. The normalized spacial score (nSPS) is 36.3. The van der Waals surface area contributed by atoms with Crippen LogP contribution in [0.4, 0.5) is 0 Å². The number of aliphatic hydroxyl groups excluding tert-OH is 2. The van der Waals surface area contributed by atoms with Crippen LogP contribution in [0, 0.1) is 0 Å². The van der Waals surface area contributed by atoms with Crippen molar-refractivity contribution >= 4 is 0 Å². The number of ether oxygens (including phenoxy) is 1. The minimum atomic E-state index is -0.597. The molecular formula is C6H12O3. The Hall–Kier alpha value is -0.120. The number of aliphatic hydroxyl groups is 2. The van der Waals surface area contributed by atoms with Gasteiger partial charge in [-0.25, -0.2) is 0 Å². The predicted molar refractivity (Wildman–Crippen MR) is 32.0 cm³/mol. The lowest BCUT2D eigenvalue weighted by molar-refractivity contribution is 0.0814. The fourth-order valence-corrected chi connectivity index (χ4v) is 0.820. The molecule has 1 aliphatic heterocycles. The first-order valence-corrected chi connectivity index (χ1v) is 3.18. The zero-order chi connectivity index (χ0) is 6.85. The molecule has 0 aromatic heterocycles. The highest BCUT2D eigenvalue weighted by molar-refractivity contribution is 4.82. The molecule has 0 aromatic carbocycles. The van der Waals surface area contributed by atoms with E-state index in [0.29, 0.717) is 6.42 Å². The molecule has 1 heterocycles. The van der Waals surface area contributed by atoms with Gasteiger partial charge in [0.2, 0.25) is 0 Å². The van der Waals surface area contributed by atoms with Gasteiger partial charge in [0.15, 0.2) is 0 Å². The number of epoxide rings is 1. The molecule has 0 bridgehead atoms. The van der Waals surface area contributed by atoms with E-state index in [9.17, 15) is 0 Å². The highest BCUT2D eigenvalue weighted by atomic mass is 16.6. The van der Waals surface area contributed by atoms with Gasteiger partial charge >= 0.3 is 0 Å². The maximum absolute atomic E-state index is 8.86. The van der Waals surface area contributed by atoms with Crippen LogP contribution in [0.3, 0.4) is 0 Å². The molecule has 1 saturated heterocycles. The van der Waals surface area contributed by atoms with Crippen molar-refractivity contribution in [2.45, 2.75) is 31.7 Å². The van der Waals surface area contributed by atoms with Gasteiger partial charge in [-0.2, -0.15) is 0 Å². The summed E-state index contributed by atoms with van der Waals surface area (Å²) in [6, 6.07) is 0. The highest BCUT2D eigenvalue weighted by Crippen LogP contribution is 2.25. The van der Waals surface area contributed by atoms with E-state index >= 15 is 0 Å². The monoisotopic (exact) mass is 132 g/mol. The van der Waals surface area contributed by atoms with Crippen molar-refractivity contribution in [1.29, 1.82) is 0 Å². The first-order valence-electron chi connectivity index (χ1n) is 3.18. The van der Waals surface area contributed by atoms with Gasteiger partial charge in [-0.05, 0) is 6.92 Å². The molecule has 9 heavy (non-hydrogen) atoms. The lowest BCUT2D eigenvalue weighted by Crippen LogP contribution is -2.14. The van der Waals surface area contributed by atoms with E-state index in [0.717, 1.165) is 0 Å². The Morgan fingerprint density at radius 1 is 1.67 bits per heavy atom. The van der Waals surface area contributed by atoms with E-state index in [4.69, 9.17) is 14.9 Å². The molecular weight excluding hydrogens is 120 g/mol. The van der Waals surface area contributed by atoms with E-state index in [2.05, 4.69) is 0 Å². The van der Waals surface area contributed by atoms with Crippen LogP contribution in [0.2, 0.25) is 0 Å². The zero-order valence-electron chi connectivity index (χ0n) is 5.45. The summed E-state index contributed by atoms with van der Waals surface area (Å²) in [5, 5.41) is 17.2. The van der Waals surface area contributed by atoms with Crippen molar-refractivity contribution < 1.29 is 14.9 Å². The molecule has 0 spiro atoms. The smallest absolute Gasteiger partial charge is 0.0864 e. The molecule has 54 valence electrons. The lowest BCUT2D eigenvalue weighted by Gasteiger charge is -2.01. The summed E-state index contributed by atoms with van der Waals surface area (Å²) in [6.45, 7) is 1.79. The third kappa shape index (κ3) is 1.93. The molecule has 3 unspecified atom stereocenters. The molecule has 3 atom stereocenters. The molecule has 0 saturated carbocycles. The Morgan fingerprint density at radius 2 is 2.22 bits per heavy atom. The molecule has 0 aliphatic carbocycles. The second-order valence-corrected chi connectivity index (χ2v) is 2.45. The summed E-state index contributed by atoms with van der Waals surface area (Å²) in [4.78, 5) is 0. The molecule has 2 N–H and O–H groups in total. The van der Waals surface area contributed by atoms with Crippen molar-refractivity contribution in [3.63, 3.8) is 0 Å². The van der Waals surface area contributed by atoms with Crippen LogP contribution in [0.25, 0.3) is 0 Å². The van der Waals surface area contributed by atoms with Crippen LogP contribution < -0.4 is 0 Å². The summed E-state index contributed by atoms with van der Waals surface area (Å²) in [6.07, 6.45) is 0.441. The molecule has 3 nitrogen and oxygen atoms in total. The fourth-order valence-electron chi connectivity index (χ4n) is 0.820. The summed E-state index contributed by atoms with van der Waals surface area (Å²) < 4.78 is 5.02. The quantitative estimate of drug-likeness (QED) is 0.510. The molecule has 1 rings (SSSR count). The van der Waals surface area contributed by atoms with E-state index < -0.39 is 6.10 Å². The Bertz CT molecular complexity index is 92.3. The van der Waals surface area contributed by atoms with Gasteiger partial charge in [0.05, 0.1) is 24.9 Å². The average molecular weight is 132 g/mol. The standard InChI is InChI=1S/C6H12O3/c1-4-6(9-4)2-5(8)3-7/h4-8H,2-3H2,1H3. The molecule has 3 heteroatoms. The first-order chi connectivity index (χ1) is 4.24. The first kappa shape index (κ1) is 6.99. The summed E-state index contributed by atoms with van der Waals surface area (Å²) in [5.74, 6) is 0. The Labute approximate surface area is 54.3 Å². The fraction of sp³-hybridized carbons (Fsp3) is 1.00. The van der Waals surface area contributed by atoms with Crippen molar-refractivity contribution in [2.75, 3.05) is 6.61 Å². The van der Waals surface area contributed by atoms with Crippen molar-refractivity contribution in [3.05, 3.63) is 0 Å². The topological polar surface area (TPSA) is 53.0 Å². The van der Waals surface area contributed by atoms with Crippen LogP contribution >= 0.6 is 0 Å². The Morgan fingerprint density at radius 3 is 2.56 bits per heavy atom. The minimum Gasteiger partial charge on any atom is -0.394 e. The average Bonchev–Trinajstić information content (AvgIpc) is 2.47. The van der Waals surface area contributed by atoms with Gasteiger partial charge < -0.3 is 14.9 Å². The van der Waals surface area contributed by atoms with Gasteiger partial charge in [0.25, 0.3) is 0 Å². The molecule has 0 amide bonds. The highest BCUT2D eigenvalue weighted by Gasteiger charge is 2.35. The largest absolute Gasteiger partial charge is 0.394 e.